The quantitative estimate of drug-likeness (QED) is 0.325. The molecule has 0 bridgehead atoms. The zero-order valence-corrected chi connectivity index (χ0v) is 24.0. The van der Waals surface area contributed by atoms with Gasteiger partial charge in [0.25, 0.3) is 0 Å². The van der Waals surface area contributed by atoms with Crippen molar-refractivity contribution in [2.24, 2.45) is 5.92 Å². The fraction of sp³-hybridized carbons (Fsp3) is 0.741. The van der Waals surface area contributed by atoms with Crippen LogP contribution in [0.15, 0.2) is 30.3 Å². The molecule has 0 saturated carbocycles. The Morgan fingerprint density at radius 3 is 2.26 bits per heavy atom. The maximum absolute atomic E-state index is 12.6. The van der Waals surface area contributed by atoms with Gasteiger partial charge in [0.15, 0.2) is 26.0 Å². The summed E-state index contributed by atoms with van der Waals surface area (Å²) in [4.78, 5) is 12.6. The highest BCUT2D eigenvalue weighted by Gasteiger charge is 2.66. The topological polar surface area (TPSA) is 72.5 Å². The van der Waals surface area contributed by atoms with E-state index < -0.39 is 44.3 Å². The fourth-order valence-electron chi connectivity index (χ4n) is 4.09. The second kappa shape index (κ2) is 10.2. The minimum Gasteiger partial charge on any atom is -0.459 e. The molecule has 1 aromatic rings. The largest absolute Gasteiger partial charge is 0.459 e. The number of rotatable bonds is 9. The first-order chi connectivity index (χ1) is 16.1. The van der Waals surface area contributed by atoms with E-state index in [4.69, 9.17) is 28.1 Å². The van der Waals surface area contributed by atoms with E-state index in [1.54, 1.807) is 0 Å². The third-order valence-electron chi connectivity index (χ3n) is 7.39. The van der Waals surface area contributed by atoms with Crippen LogP contribution in [0.2, 0.25) is 18.1 Å². The van der Waals surface area contributed by atoms with Crippen LogP contribution in [0.5, 0.6) is 0 Å². The molecule has 0 amide bonds. The highest BCUT2D eigenvalue weighted by atomic mass is 28.4. The molecule has 0 radical (unpaired) electrons. The standard InChI is InChI=1S/C27H44O7Si/c1-18(2)23(28)31-19(3)27(17-30-35(9,10)25(4,5)6)22(29-16-20-14-12-11-13-15-20)21-24(34-27)33-26(7,8)32-21/h11-15,18-19,21-22,24H,16-17H2,1-10H3/t19?,21-,22+,24+,27-/m1/s1. The van der Waals surface area contributed by atoms with Gasteiger partial charge in [0, 0.05) is 0 Å². The summed E-state index contributed by atoms with van der Waals surface area (Å²) in [5.41, 5.74) is -0.0686. The molecule has 0 aliphatic carbocycles. The van der Waals surface area contributed by atoms with E-state index in [0.29, 0.717) is 6.61 Å². The number of ether oxygens (including phenoxy) is 5. The summed E-state index contributed by atoms with van der Waals surface area (Å²) in [5.74, 6) is -1.38. The summed E-state index contributed by atoms with van der Waals surface area (Å²) in [5, 5.41) is -0.00407. The summed E-state index contributed by atoms with van der Waals surface area (Å²) in [6.07, 6.45) is -2.37. The van der Waals surface area contributed by atoms with Crippen molar-refractivity contribution < 1.29 is 32.9 Å². The van der Waals surface area contributed by atoms with Crippen LogP contribution in [0.4, 0.5) is 0 Å². The van der Waals surface area contributed by atoms with Gasteiger partial charge < -0.3 is 28.1 Å². The molecule has 7 nitrogen and oxygen atoms in total. The van der Waals surface area contributed by atoms with Gasteiger partial charge in [-0.2, -0.15) is 0 Å². The highest BCUT2D eigenvalue weighted by molar-refractivity contribution is 6.74. The van der Waals surface area contributed by atoms with Crippen molar-refractivity contribution in [3.05, 3.63) is 35.9 Å². The van der Waals surface area contributed by atoms with Crippen LogP contribution in [0.25, 0.3) is 0 Å². The van der Waals surface area contributed by atoms with Crippen LogP contribution >= 0.6 is 0 Å². The molecule has 198 valence electrons. The van der Waals surface area contributed by atoms with E-state index >= 15 is 0 Å². The van der Waals surface area contributed by atoms with E-state index in [1.165, 1.54) is 0 Å². The van der Waals surface area contributed by atoms with Gasteiger partial charge in [-0.15, -0.1) is 0 Å². The highest BCUT2D eigenvalue weighted by Crippen LogP contribution is 2.47. The first kappa shape index (κ1) is 28.3. The first-order valence-electron chi connectivity index (χ1n) is 12.6. The van der Waals surface area contributed by atoms with Crippen molar-refractivity contribution in [1.29, 1.82) is 0 Å². The van der Waals surface area contributed by atoms with Crippen molar-refractivity contribution in [2.45, 2.75) is 116 Å². The maximum atomic E-state index is 12.6. The molecule has 8 heteroatoms. The molecular weight excluding hydrogens is 464 g/mol. The second-order valence-electron chi connectivity index (χ2n) is 12.0. The molecule has 3 rings (SSSR count). The molecule has 2 heterocycles. The number of hydrogen-bond acceptors (Lipinski definition) is 7. The van der Waals surface area contributed by atoms with Gasteiger partial charge in [0.05, 0.1) is 19.1 Å². The minimum atomic E-state index is -2.17. The number of carbonyl (C=O) groups is 1. The molecule has 0 spiro atoms. The van der Waals surface area contributed by atoms with Gasteiger partial charge in [-0.05, 0) is 44.5 Å². The van der Waals surface area contributed by atoms with Crippen molar-refractivity contribution in [3.63, 3.8) is 0 Å². The molecule has 0 N–H and O–H groups in total. The van der Waals surface area contributed by atoms with Crippen LogP contribution in [-0.2, 0) is 39.5 Å². The third-order valence-corrected chi connectivity index (χ3v) is 11.9. The van der Waals surface area contributed by atoms with E-state index in [9.17, 15) is 4.79 Å². The van der Waals surface area contributed by atoms with Gasteiger partial charge in [0.2, 0.25) is 0 Å². The Labute approximate surface area is 211 Å². The summed E-state index contributed by atoms with van der Waals surface area (Å²) in [7, 11) is -2.17. The lowest BCUT2D eigenvalue weighted by Gasteiger charge is -2.44. The third kappa shape index (κ3) is 6.17. The van der Waals surface area contributed by atoms with Crippen molar-refractivity contribution in [1.82, 2.24) is 0 Å². The van der Waals surface area contributed by atoms with Crippen molar-refractivity contribution in [3.8, 4) is 0 Å². The fourth-order valence-corrected chi connectivity index (χ4v) is 5.11. The molecule has 0 aromatic heterocycles. The summed E-state index contributed by atoms with van der Waals surface area (Å²) >= 11 is 0. The van der Waals surface area contributed by atoms with Crippen LogP contribution < -0.4 is 0 Å². The van der Waals surface area contributed by atoms with E-state index in [2.05, 4.69) is 33.9 Å². The Morgan fingerprint density at radius 1 is 1.06 bits per heavy atom. The van der Waals surface area contributed by atoms with Gasteiger partial charge in [0.1, 0.15) is 18.3 Å². The molecule has 2 saturated heterocycles. The molecule has 1 aromatic carbocycles. The normalized spacial score (nSPS) is 29.3. The van der Waals surface area contributed by atoms with Gasteiger partial charge >= 0.3 is 5.97 Å². The monoisotopic (exact) mass is 508 g/mol. The van der Waals surface area contributed by atoms with Crippen molar-refractivity contribution >= 4 is 14.3 Å². The average molecular weight is 509 g/mol. The smallest absolute Gasteiger partial charge is 0.308 e. The SMILES string of the molecule is CC(C)C(=O)OC(C)[C@@]1(CO[Si](C)(C)C(C)(C)C)O[C@@H]2OC(C)(C)O[C@@H]2[C@@H]1OCc1ccccc1. The lowest BCUT2D eigenvalue weighted by molar-refractivity contribution is -0.271. The Kier molecular flexibility index (Phi) is 8.26. The van der Waals surface area contributed by atoms with Crippen LogP contribution in [0.3, 0.4) is 0 Å². The Hall–Kier alpha value is -1.29. The van der Waals surface area contributed by atoms with Gasteiger partial charge in [-0.1, -0.05) is 65.0 Å². The summed E-state index contributed by atoms with van der Waals surface area (Å²) in [6.45, 7) is 20.7. The van der Waals surface area contributed by atoms with Crippen LogP contribution in [0.1, 0.15) is 61.0 Å². The van der Waals surface area contributed by atoms with Gasteiger partial charge in [-0.3, -0.25) is 4.79 Å². The lowest BCUT2D eigenvalue weighted by Crippen LogP contribution is -2.60. The molecule has 2 aliphatic rings. The zero-order valence-electron chi connectivity index (χ0n) is 23.0. The number of hydrogen-bond donors (Lipinski definition) is 0. The summed E-state index contributed by atoms with van der Waals surface area (Å²) in [6, 6.07) is 9.95. The Bertz CT molecular complexity index is 864. The van der Waals surface area contributed by atoms with Crippen molar-refractivity contribution in [2.75, 3.05) is 6.61 Å². The number of benzene rings is 1. The number of carbonyl (C=O) groups excluding carboxylic acids is 1. The summed E-state index contributed by atoms with van der Waals surface area (Å²) < 4.78 is 38.1. The van der Waals surface area contributed by atoms with Crippen LogP contribution in [0, 0.1) is 5.92 Å². The molecule has 1 unspecified atom stereocenters. The Morgan fingerprint density at radius 2 is 1.69 bits per heavy atom. The Balaban J connectivity index is 1.97. The first-order valence-corrected chi connectivity index (χ1v) is 15.5. The number of esters is 1. The van der Waals surface area contributed by atoms with E-state index in [0.717, 1.165) is 5.56 Å². The zero-order chi connectivity index (χ0) is 26.2. The minimum absolute atomic E-state index is 0.00407. The lowest BCUT2D eigenvalue weighted by atomic mass is 9.90. The predicted molar refractivity (Wildman–Crippen MR) is 136 cm³/mol. The maximum Gasteiger partial charge on any atom is 0.308 e. The molecule has 35 heavy (non-hydrogen) atoms. The second-order valence-corrected chi connectivity index (χ2v) is 16.9. The average Bonchev–Trinajstić information content (AvgIpc) is 3.19. The molecule has 2 aliphatic heterocycles. The number of fused-ring (bicyclic) bond motifs is 1. The molecular formula is C27H44O7Si. The van der Waals surface area contributed by atoms with E-state index in [1.807, 2.05) is 65.0 Å². The molecule has 2 fully saturated rings. The van der Waals surface area contributed by atoms with Gasteiger partial charge in [-0.25, -0.2) is 0 Å². The van der Waals surface area contributed by atoms with Crippen LogP contribution in [-0.4, -0.2) is 56.9 Å². The van der Waals surface area contributed by atoms with E-state index in [-0.39, 0.29) is 23.5 Å². The predicted octanol–water partition coefficient (Wildman–Crippen LogP) is 5.43. The molecule has 5 atom stereocenters.